The first kappa shape index (κ1) is 15.9. The lowest BCUT2D eigenvalue weighted by Gasteiger charge is -2.21. The van der Waals surface area contributed by atoms with Gasteiger partial charge < -0.3 is 5.32 Å². The zero-order chi connectivity index (χ0) is 15.2. The van der Waals surface area contributed by atoms with Crippen molar-refractivity contribution in [3.05, 3.63) is 64.2 Å². The molecule has 2 rings (SSSR count). The molecule has 1 heterocycles. The van der Waals surface area contributed by atoms with Crippen LogP contribution in [0.15, 0.2) is 36.7 Å². The van der Waals surface area contributed by atoms with E-state index in [2.05, 4.69) is 24.1 Å². The van der Waals surface area contributed by atoms with Crippen molar-refractivity contribution >= 4 is 11.6 Å². The molecular weight excluding hydrogens is 287 g/mol. The van der Waals surface area contributed by atoms with E-state index in [4.69, 9.17) is 11.6 Å². The van der Waals surface area contributed by atoms with Crippen molar-refractivity contribution in [1.29, 1.82) is 0 Å². The molecule has 4 heteroatoms. The van der Waals surface area contributed by atoms with Crippen molar-refractivity contribution in [3.8, 4) is 0 Å². The first-order valence-corrected chi connectivity index (χ1v) is 7.57. The summed E-state index contributed by atoms with van der Waals surface area (Å²) in [4.78, 5) is 4.21. The standard InChI is InChI=1S/C17H20ClFN2/c1-3-7-21-17(15-11-20-8-6-12(15)2)10-13-9-14(19)4-5-16(13)18/h4-6,8-9,11,17,21H,3,7,10H2,1-2H3. The number of rotatable bonds is 6. The van der Waals surface area contributed by atoms with Gasteiger partial charge in [-0.2, -0.15) is 0 Å². The topological polar surface area (TPSA) is 24.9 Å². The van der Waals surface area contributed by atoms with Crippen molar-refractivity contribution in [3.63, 3.8) is 0 Å². The number of benzene rings is 1. The summed E-state index contributed by atoms with van der Waals surface area (Å²) >= 11 is 6.19. The van der Waals surface area contributed by atoms with Gasteiger partial charge in [-0.15, -0.1) is 0 Å². The number of nitrogens with zero attached hydrogens (tertiary/aromatic N) is 1. The number of halogens is 2. The van der Waals surface area contributed by atoms with E-state index in [9.17, 15) is 4.39 Å². The SMILES string of the molecule is CCCNC(Cc1cc(F)ccc1Cl)c1cnccc1C. The Morgan fingerprint density at radius 1 is 1.33 bits per heavy atom. The number of aromatic nitrogens is 1. The minimum atomic E-state index is -0.258. The highest BCUT2D eigenvalue weighted by Crippen LogP contribution is 2.25. The monoisotopic (exact) mass is 306 g/mol. The van der Waals surface area contributed by atoms with E-state index < -0.39 is 0 Å². The molecule has 2 aromatic rings. The molecule has 0 fully saturated rings. The third-order valence-corrected chi connectivity index (χ3v) is 3.90. The van der Waals surface area contributed by atoms with Gasteiger partial charge in [-0.05, 0) is 67.3 Å². The Morgan fingerprint density at radius 2 is 2.14 bits per heavy atom. The van der Waals surface area contributed by atoms with Gasteiger partial charge >= 0.3 is 0 Å². The Balaban J connectivity index is 2.28. The van der Waals surface area contributed by atoms with E-state index >= 15 is 0 Å². The number of hydrogen-bond acceptors (Lipinski definition) is 2. The highest BCUT2D eigenvalue weighted by atomic mass is 35.5. The number of nitrogens with one attached hydrogen (secondary N) is 1. The fraction of sp³-hybridized carbons (Fsp3) is 0.353. The summed E-state index contributed by atoms with van der Waals surface area (Å²) in [5.74, 6) is -0.258. The lowest BCUT2D eigenvalue weighted by Crippen LogP contribution is -2.25. The van der Waals surface area contributed by atoms with Gasteiger partial charge in [0.2, 0.25) is 0 Å². The molecule has 2 nitrogen and oxygen atoms in total. The molecule has 1 atom stereocenters. The van der Waals surface area contributed by atoms with Crippen molar-refractivity contribution < 1.29 is 4.39 Å². The van der Waals surface area contributed by atoms with E-state index in [0.717, 1.165) is 24.1 Å². The third kappa shape index (κ3) is 4.26. The van der Waals surface area contributed by atoms with Gasteiger partial charge in [0.1, 0.15) is 5.82 Å². The van der Waals surface area contributed by atoms with Crippen molar-refractivity contribution in [2.45, 2.75) is 32.7 Å². The average molecular weight is 307 g/mol. The van der Waals surface area contributed by atoms with Crippen LogP contribution in [0, 0.1) is 12.7 Å². The fourth-order valence-corrected chi connectivity index (χ4v) is 2.57. The molecule has 1 aromatic heterocycles. The van der Waals surface area contributed by atoms with Gasteiger partial charge in [-0.3, -0.25) is 4.98 Å². The molecule has 1 N–H and O–H groups in total. The molecule has 21 heavy (non-hydrogen) atoms. The van der Waals surface area contributed by atoms with Crippen LogP contribution in [0.2, 0.25) is 5.02 Å². The number of pyridine rings is 1. The minimum Gasteiger partial charge on any atom is -0.310 e. The maximum absolute atomic E-state index is 13.4. The zero-order valence-corrected chi connectivity index (χ0v) is 13.1. The molecule has 0 spiro atoms. The molecule has 0 saturated heterocycles. The van der Waals surface area contributed by atoms with Crippen LogP contribution in [-0.4, -0.2) is 11.5 Å². The summed E-state index contributed by atoms with van der Waals surface area (Å²) < 4.78 is 13.4. The molecule has 0 radical (unpaired) electrons. The zero-order valence-electron chi connectivity index (χ0n) is 12.4. The van der Waals surface area contributed by atoms with Crippen molar-refractivity contribution in [2.75, 3.05) is 6.54 Å². The molecule has 112 valence electrons. The van der Waals surface area contributed by atoms with Gasteiger partial charge in [-0.1, -0.05) is 18.5 Å². The molecule has 0 bridgehead atoms. The van der Waals surface area contributed by atoms with E-state index in [-0.39, 0.29) is 11.9 Å². The van der Waals surface area contributed by atoms with Crippen LogP contribution < -0.4 is 5.32 Å². The molecule has 1 aromatic carbocycles. The predicted molar refractivity (Wildman–Crippen MR) is 85.1 cm³/mol. The quantitative estimate of drug-likeness (QED) is 0.852. The Hall–Kier alpha value is -1.45. The summed E-state index contributed by atoms with van der Waals surface area (Å²) in [6.45, 7) is 5.08. The Labute approximate surface area is 130 Å². The van der Waals surface area contributed by atoms with Gasteiger partial charge in [0, 0.05) is 23.5 Å². The van der Waals surface area contributed by atoms with Crippen molar-refractivity contribution in [2.24, 2.45) is 0 Å². The summed E-state index contributed by atoms with van der Waals surface area (Å²) in [7, 11) is 0. The number of hydrogen-bond donors (Lipinski definition) is 1. The first-order chi connectivity index (χ1) is 10.1. The van der Waals surface area contributed by atoms with E-state index in [1.165, 1.54) is 17.7 Å². The van der Waals surface area contributed by atoms with E-state index in [1.54, 1.807) is 12.3 Å². The third-order valence-electron chi connectivity index (χ3n) is 3.53. The molecule has 0 amide bonds. The highest BCUT2D eigenvalue weighted by molar-refractivity contribution is 6.31. The summed E-state index contributed by atoms with van der Waals surface area (Å²) in [6, 6.07) is 6.57. The predicted octanol–water partition coefficient (Wildman–Crippen LogP) is 4.47. The molecule has 0 saturated carbocycles. The van der Waals surface area contributed by atoms with E-state index in [0.29, 0.717) is 11.4 Å². The van der Waals surface area contributed by atoms with Crippen LogP contribution in [0.1, 0.15) is 36.1 Å². The van der Waals surface area contributed by atoms with Gasteiger partial charge in [-0.25, -0.2) is 4.39 Å². The van der Waals surface area contributed by atoms with Crippen LogP contribution in [0.4, 0.5) is 4.39 Å². The molecule has 0 aliphatic heterocycles. The average Bonchev–Trinajstić information content (AvgIpc) is 2.48. The summed E-state index contributed by atoms with van der Waals surface area (Å²) in [5, 5.41) is 4.10. The second kappa shape index (κ2) is 7.53. The number of aryl methyl sites for hydroxylation is 1. The lowest BCUT2D eigenvalue weighted by atomic mass is 9.96. The second-order valence-electron chi connectivity index (χ2n) is 5.18. The molecular formula is C17H20ClFN2. The molecule has 0 aliphatic carbocycles. The van der Waals surface area contributed by atoms with E-state index in [1.807, 2.05) is 12.3 Å². The summed E-state index contributed by atoms with van der Waals surface area (Å²) in [5.41, 5.74) is 3.12. The second-order valence-corrected chi connectivity index (χ2v) is 5.59. The minimum absolute atomic E-state index is 0.0814. The first-order valence-electron chi connectivity index (χ1n) is 7.19. The van der Waals surface area contributed by atoms with Crippen LogP contribution in [0.5, 0.6) is 0 Å². The smallest absolute Gasteiger partial charge is 0.123 e. The van der Waals surface area contributed by atoms with Gasteiger partial charge in [0.15, 0.2) is 0 Å². The van der Waals surface area contributed by atoms with Crippen LogP contribution in [0.3, 0.4) is 0 Å². The van der Waals surface area contributed by atoms with Crippen LogP contribution >= 0.6 is 11.6 Å². The van der Waals surface area contributed by atoms with Crippen LogP contribution in [0.25, 0.3) is 0 Å². The van der Waals surface area contributed by atoms with Gasteiger partial charge in [0.25, 0.3) is 0 Å². The Morgan fingerprint density at radius 3 is 2.86 bits per heavy atom. The van der Waals surface area contributed by atoms with Crippen LogP contribution in [-0.2, 0) is 6.42 Å². The Kier molecular flexibility index (Phi) is 5.71. The highest BCUT2D eigenvalue weighted by Gasteiger charge is 2.16. The lowest BCUT2D eigenvalue weighted by molar-refractivity contribution is 0.524. The fourth-order valence-electron chi connectivity index (χ4n) is 2.37. The largest absolute Gasteiger partial charge is 0.310 e. The molecule has 0 aliphatic rings. The summed E-state index contributed by atoms with van der Waals surface area (Å²) in [6.07, 6.45) is 5.33. The normalized spacial score (nSPS) is 12.4. The van der Waals surface area contributed by atoms with Gasteiger partial charge in [0.05, 0.1) is 0 Å². The molecule has 1 unspecified atom stereocenters. The maximum atomic E-state index is 13.4. The maximum Gasteiger partial charge on any atom is 0.123 e. The van der Waals surface area contributed by atoms with Crippen molar-refractivity contribution in [1.82, 2.24) is 10.3 Å². The Bertz CT molecular complexity index is 601.